The molecule has 1 aromatic heterocycles. The fraction of sp³-hybridized carbons (Fsp3) is 0.857. The fourth-order valence-electron chi connectivity index (χ4n) is 2.38. The Morgan fingerprint density at radius 1 is 1.35 bits per heavy atom. The summed E-state index contributed by atoms with van der Waals surface area (Å²) in [7, 11) is 4.30. The third-order valence-corrected chi connectivity index (χ3v) is 4.08. The van der Waals surface area contributed by atoms with Gasteiger partial charge in [0.1, 0.15) is 0 Å². The molecule has 1 saturated heterocycles. The summed E-state index contributed by atoms with van der Waals surface area (Å²) in [6.45, 7) is 9.45. The second-order valence-electron chi connectivity index (χ2n) is 6.99. The minimum Gasteiger partial charge on any atom is -0.338 e. The van der Waals surface area contributed by atoms with Crippen molar-refractivity contribution in [3.05, 3.63) is 11.7 Å². The lowest BCUT2D eigenvalue weighted by Crippen LogP contribution is -2.50. The van der Waals surface area contributed by atoms with Gasteiger partial charge in [0.25, 0.3) is 0 Å². The van der Waals surface area contributed by atoms with E-state index < -0.39 is 0 Å². The van der Waals surface area contributed by atoms with Crippen molar-refractivity contribution in [2.75, 3.05) is 33.7 Å². The van der Waals surface area contributed by atoms with Crippen LogP contribution >= 0.6 is 0 Å². The smallest absolute Gasteiger partial charge is 0.244 e. The number of aromatic nitrogens is 2. The lowest BCUT2D eigenvalue weighted by atomic mass is 9.87. The van der Waals surface area contributed by atoms with Crippen LogP contribution in [0.25, 0.3) is 0 Å². The molecule has 1 fully saturated rings. The molecule has 0 aromatic carbocycles. The zero-order chi connectivity index (χ0) is 14.9. The average Bonchev–Trinajstić information content (AvgIpc) is 2.80. The van der Waals surface area contributed by atoms with E-state index in [-0.39, 0.29) is 11.5 Å². The van der Waals surface area contributed by atoms with Crippen molar-refractivity contribution < 1.29 is 4.52 Å². The predicted octanol–water partition coefficient (Wildman–Crippen LogP) is 0.904. The third kappa shape index (κ3) is 3.56. The quantitative estimate of drug-likeness (QED) is 0.887. The van der Waals surface area contributed by atoms with Crippen LogP contribution in [0.3, 0.4) is 0 Å². The Hall–Kier alpha value is -0.980. The van der Waals surface area contributed by atoms with E-state index in [2.05, 4.69) is 54.8 Å². The Bertz CT molecular complexity index is 439. The highest BCUT2D eigenvalue weighted by atomic mass is 16.5. The molecule has 6 heteroatoms. The van der Waals surface area contributed by atoms with Gasteiger partial charge in [0.15, 0.2) is 5.82 Å². The maximum Gasteiger partial charge on any atom is 0.244 e. The molecule has 0 spiro atoms. The van der Waals surface area contributed by atoms with E-state index >= 15 is 0 Å². The number of hydrogen-bond donors (Lipinski definition) is 1. The topological polar surface area (TPSA) is 71.4 Å². The number of piperazine rings is 1. The molecule has 0 saturated carbocycles. The van der Waals surface area contributed by atoms with E-state index in [0.717, 1.165) is 31.9 Å². The van der Waals surface area contributed by atoms with Crippen LogP contribution in [0.15, 0.2) is 4.52 Å². The van der Waals surface area contributed by atoms with Crippen LogP contribution < -0.4 is 5.73 Å². The van der Waals surface area contributed by atoms with Crippen LogP contribution in [0.5, 0.6) is 0 Å². The highest BCUT2D eigenvalue weighted by Crippen LogP contribution is 2.29. The SMILES string of the molecule is CN1CCN(C)C(Cc2noc(C(N)C(C)(C)C)n2)C1. The molecule has 0 amide bonds. The first-order chi connectivity index (χ1) is 9.27. The summed E-state index contributed by atoms with van der Waals surface area (Å²) in [4.78, 5) is 9.18. The number of hydrogen-bond acceptors (Lipinski definition) is 6. The van der Waals surface area contributed by atoms with E-state index in [0.29, 0.717) is 11.9 Å². The molecular weight excluding hydrogens is 254 g/mol. The van der Waals surface area contributed by atoms with Crippen molar-refractivity contribution in [3.63, 3.8) is 0 Å². The van der Waals surface area contributed by atoms with E-state index in [9.17, 15) is 0 Å². The first-order valence-electron chi connectivity index (χ1n) is 7.24. The van der Waals surface area contributed by atoms with Crippen molar-refractivity contribution in [3.8, 4) is 0 Å². The van der Waals surface area contributed by atoms with Crippen LogP contribution in [0, 0.1) is 5.41 Å². The molecule has 1 aliphatic rings. The molecule has 1 aliphatic heterocycles. The molecule has 0 aliphatic carbocycles. The van der Waals surface area contributed by atoms with Crippen LogP contribution in [0.4, 0.5) is 0 Å². The molecule has 1 aromatic rings. The van der Waals surface area contributed by atoms with Gasteiger partial charge in [-0.1, -0.05) is 25.9 Å². The molecule has 2 atom stereocenters. The van der Waals surface area contributed by atoms with Crippen molar-refractivity contribution in [2.24, 2.45) is 11.1 Å². The zero-order valence-electron chi connectivity index (χ0n) is 13.3. The summed E-state index contributed by atoms with van der Waals surface area (Å²) in [6.07, 6.45) is 0.807. The lowest BCUT2D eigenvalue weighted by Gasteiger charge is -2.37. The Morgan fingerprint density at radius 2 is 2.05 bits per heavy atom. The van der Waals surface area contributed by atoms with Gasteiger partial charge in [-0.05, 0) is 19.5 Å². The first kappa shape index (κ1) is 15.4. The molecule has 6 nitrogen and oxygen atoms in total. The summed E-state index contributed by atoms with van der Waals surface area (Å²) >= 11 is 0. The maximum atomic E-state index is 6.15. The van der Waals surface area contributed by atoms with Gasteiger partial charge < -0.3 is 20.1 Å². The Kier molecular flexibility index (Phi) is 4.46. The normalized spacial score (nSPS) is 24.0. The Balaban J connectivity index is 2.02. The lowest BCUT2D eigenvalue weighted by molar-refractivity contribution is 0.113. The second kappa shape index (κ2) is 5.79. The monoisotopic (exact) mass is 281 g/mol. The average molecular weight is 281 g/mol. The van der Waals surface area contributed by atoms with Crippen molar-refractivity contribution >= 4 is 0 Å². The molecule has 0 bridgehead atoms. The van der Waals surface area contributed by atoms with Gasteiger partial charge >= 0.3 is 0 Å². The van der Waals surface area contributed by atoms with Crippen LogP contribution in [-0.2, 0) is 6.42 Å². The van der Waals surface area contributed by atoms with Crippen LogP contribution in [-0.4, -0.2) is 59.7 Å². The van der Waals surface area contributed by atoms with Gasteiger partial charge in [-0.3, -0.25) is 0 Å². The van der Waals surface area contributed by atoms with Crippen molar-refractivity contribution in [2.45, 2.75) is 39.3 Å². The first-order valence-corrected chi connectivity index (χ1v) is 7.24. The van der Waals surface area contributed by atoms with E-state index in [1.54, 1.807) is 0 Å². The highest BCUT2D eigenvalue weighted by Gasteiger charge is 2.29. The molecular formula is C14H27N5O. The summed E-state index contributed by atoms with van der Waals surface area (Å²) in [6, 6.07) is 0.209. The van der Waals surface area contributed by atoms with Gasteiger partial charge in [-0.15, -0.1) is 0 Å². The molecule has 114 valence electrons. The largest absolute Gasteiger partial charge is 0.338 e. The van der Waals surface area contributed by atoms with Gasteiger partial charge in [0, 0.05) is 32.1 Å². The van der Waals surface area contributed by atoms with Gasteiger partial charge in [0.05, 0.1) is 6.04 Å². The molecule has 2 rings (SSSR count). The van der Waals surface area contributed by atoms with Crippen molar-refractivity contribution in [1.29, 1.82) is 0 Å². The minimum atomic E-state index is -0.226. The number of nitrogens with two attached hydrogens (primary N) is 1. The summed E-state index contributed by atoms with van der Waals surface area (Å²) in [5.41, 5.74) is 6.08. The maximum absolute atomic E-state index is 6.15. The number of rotatable bonds is 3. The van der Waals surface area contributed by atoms with Crippen LogP contribution in [0.1, 0.15) is 38.5 Å². The van der Waals surface area contributed by atoms with E-state index in [1.807, 2.05) is 0 Å². The predicted molar refractivity (Wildman–Crippen MR) is 78.3 cm³/mol. The summed E-state index contributed by atoms with van der Waals surface area (Å²) < 4.78 is 5.34. The third-order valence-electron chi connectivity index (χ3n) is 4.08. The fourth-order valence-corrected chi connectivity index (χ4v) is 2.38. The molecule has 2 N–H and O–H groups in total. The van der Waals surface area contributed by atoms with Crippen LogP contribution in [0.2, 0.25) is 0 Å². The molecule has 2 heterocycles. The van der Waals surface area contributed by atoms with E-state index in [1.165, 1.54) is 0 Å². The molecule has 20 heavy (non-hydrogen) atoms. The van der Waals surface area contributed by atoms with Gasteiger partial charge in [-0.2, -0.15) is 4.98 Å². The Morgan fingerprint density at radius 3 is 2.70 bits per heavy atom. The highest BCUT2D eigenvalue weighted by molar-refractivity contribution is 4.98. The molecule has 0 radical (unpaired) electrons. The minimum absolute atomic E-state index is 0.0777. The second-order valence-corrected chi connectivity index (χ2v) is 6.99. The van der Waals surface area contributed by atoms with Gasteiger partial charge in [-0.25, -0.2) is 0 Å². The summed E-state index contributed by atoms with van der Waals surface area (Å²) in [5.74, 6) is 1.30. The van der Waals surface area contributed by atoms with E-state index in [4.69, 9.17) is 10.3 Å². The molecule has 2 unspecified atom stereocenters. The Labute approximate surface area is 121 Å². The van der Waals surface area contributed by atoms with Crippen molar-refractivity contribution in [1.82, 2.24) is 19.9 Å². The summed E-state index contributed by atoms with van der Waals surface area (Å²) in [5, 5.41) is 4.09. The number of nitrogens with zero attached hydrogens (tertiary/aromatic N) is 4. The van der Waals surface area contributed by atoms with Gasteiger partial charge in [0.2, 0.25) is 5.89 Å². The standard InChI is InChI=1S/C14H27N5O/c1-14(2,3)12(15)13-16-11(17-20-13)8-10-9-18(4)6-7-19(10)5/h10,12H,6-9,15H2,1-5H3. The zero-order valence-corrected chi connectivity index (χ0v) is 13.3. The number of likely N-dealkylation sites (N-methyl/N-ethyl adjacent to an activating group) is 2.